The average molecular weight is 115 g/mol. The van der Waals surface area contributed by atoms with E-state index in [4.69, 9.17) is 0 Å². The van der Waals surface area contributed by atoms with Crippen LogP contribution in [-0.4, -0.2) is 5.75 Å². The fraction of sp³-hybridized carbons (Fsp3) is 0.500. The van der Waals surface area contributed by atoms with Crippen molar-refractivity contribution in [3.05, 3.63) is 17.9 Å². The maximum Gasteiger partial charge on any atom is 0.0116 e. The molecule has 0 saturated carbocycles. The molecule has 0 aromatic rings. The Morgan fingerprint density at radius 1 is 1.71 bits per heavy atom. The molecule has 0 spiro atoms. The van der Waals surface area contributed by atoms with Gasteiger partial charge in [-0.25, -0.2) is 0 Å². The van der Waals surface area contributed by atoms with Gasteiger partial charge in [-0.05, 0) is 13.8 Å². The van der Waals surface area contributed by atoms with E-state index >= 15 is 0 Å². The molecule has 41 valence electrons. The largest absolute Gasteiger partial charge is 0.157 e. The van der Waals surface area contributed by atoms with Crippen LogP contribution in [0.1, 0.15) is 13.8 Å². The van der Waals surface area contributed by atoms with Crippen molar-refractivity contribution in [2.75, 3.05) is 5.75 Å². The minimum absolute atomic E-state index is 1.04. The molecule has 0 aromatic carbocycles. The summed E-state index contributed by atoms with van der Waals surface area (Å²) in [4.78, 5) is 0. The maximum absolute atomic E-state index is 3.63. The second-order valence-electron chi connectivity index (χ2n) is 1.65. The summed E-state index contributed by atoms with van der Waals surface area (Å²) in [5.41, 5.74) is 1.37. The lowest BCUT2D eigenvalue weighted by Gasteiger charge is -1.85. The molecule has 0 heterocycles. The van der Waals surface area contributed by atoms with Crippen LogP contribution in [0.2, 0.25) is 0 Å². The molecule has 0 aliphatic heterocycles. The Balaban J connectivity index is 3.08. The van der Waals surface area contributed by atoms with E-state index in [2.05, 4.69) is 26.2 Å². The minimum atomic E-state index is 1.04. The molecule has 0 rings (SSSR count). The summed E-state index contributed by atoms with van der Waals surface area (Å²) in [7, 11) is 0. The smallest absolute Gasteiger partial charge is 0.0116 e. The number of allylic oxidation sites excluding steroid dienone is 1. The van der Waals surface area contributed by atoms with E-state index in [-0.39, 0.29) is 0 Å². The fourth-order valence-corrected chi connectivity index (χ4v) is 0.677. The second-order valence-corrected chi connectivity index (χ2v) is 2.39. The van der Waals surface area contributed by atoms with Crippen molar-refractivity contribution in [3.8, 4) is 0 Å². The SMILES string of the molecule is [CH2]SCC=C(C)C. The first-order valence-electron chi connectivity index (χ1n) is 2.27. The van der Waals surface area contributed by atoms with Crippen molar-refractivity contribution in [1.82, 2.24) is 0 Å². The van der Waals surface area contributed by atoms with Crippen LogP contribution in [0.5, 0.6) is 0 Å². The topological polar surface area (TPSA) is 0 Å². The molecule has 1 heteroatoms. The number of hydrogen-bond acceptors (Lipinski definition) is 1. The van der Waals surface area contributed by atoms with Gasteiger partial charge >= 0.3 is 0 Å². The van der Waals surface area contributed by atoms with E-state index in [9.17, 15) is 0 Å². The standard InChI is InChI=1S/C6H11S/c1-6(2)4-5-7-3/h4H,3,5H2,1-2H3. The molecule has 0 fully saturated rings. The summed E-state index contributed by atoms with van der Waals surface area (Å²) in [5.74, 6) is 1.04. The Labute approximate surface area is 50.0 Å². The Hall–Kier alpha value is 0.0900. The quantitative estimate of drug-likeness (QED) is 0.498. The average Bonchev–Trinajstić information content (AvgIpc) is 1.61. The van der Waals surface area contributed by atoms with Crippen molar-refractivity contribution >= 4 is 11.8 Å². The van der Waals surface area contributed by atoms with Gasteiger partial charge in [-0.3, -0.25) is 0 Å². The lowest BCUT2D eigenvalue weighted by atomic mass is 10.3. The first kappa shape index (κ1) is 7.09. The van der Waals surface area contributed by atoms with E-state index < -0.39 is 0 Å². The van der Waals surface area contributed by atoms with Gasteiger partial charge in [0.2, 0.25) is 0 Å². The summed E-state index contributed by atoms with van der Waals surface area (Å²) >= 11 is 1.60. The molecular formula is C6H11S. The zero-order valence-electron chi connectivity index (χ0n) is 4.90. The van der Waals surface area contributed by atoms with Gasteiger partial charge in [-0.2, -0.15) is 11.8 Å². The van der Waals surface area contributed by atoms with E-state index in [0.29, 0.717) is 0 Å². The molecule has 0 aliphatic carbocycles. The van der Waals surface area contributed by atoms with Gasteiger partial charge in [0, 0.05) is 12.0 Å². The van der Waals surface area contributed by atoms with Crippen LogP contribution in [0.3, 0.4) is 0 Å². The lowest BCUT2D eigenvalue weighted by Crippen LogP contribution is -1.67. The van der Waals surface area contributed by atoms with Crippen LogP contribution in [-0.2, 0) is 0 Å². The third-order valence-corrected chi connectivity index (χ3v) is 1.01. The Kier molecular flexibility index (Phi) is 4.31. The molecule has 1 radical (unpaired) electrons. The number of rotatable bonds is 2. The van der Waals surface area contributed by atoms with Crippen LogP contribution >= 0.6 is 11.8 Å². The monoisotopic (exact) mass is 115 g/mol. The van der Waals surface area contributed by atoms with Crippen LogP contribution in [0.4, 0.5) is 0 Å². The van der Waals surface area contributed by atoms with Crippen molar-refractivity contribution in [2.24, 2.45) is 0 Å². The summed E-state index contributed by atoms with van der Waals surface area (Å²) in [6.45, 7) is 4.19. The molecule has 0 unspecified atom stereocenters. The highest BCUT2D eigenvalue weighted by Gasteiger charge is 1.73. The Morgan fingerprint density at radius 2 is 2.29 bits per heavy atom. The van der Waals surface area contributed by atoms with Crippen LogP contribution in [0.15, 0.2) is 11.6 Å². The van der Waals surface area contributed by atoms with Crippen molar-refractivity contribution < 1.29 is 0 Å². The van der Waals surface area contributed by atoms with Gasteiger partial charge in [-0.15, -0.1) is 0 Å². The molecule has 0 aliphatic rings. The predicted octanol–water partition coefficient (Wildman–Crippen LogP) is 2.48. The molecule has 0 atom stereocenters. The van der Waals surface area contributed by atoms with E-state index in [1.165, 1.54) is 5.57 Å². The van der Waals surface area contributed by atoms with Gasteiger partial charge < -0.3 is 0 Å². The zero-order valence-corrected chi connectivity index (χ0v) is 5.72. The highest BCUT2D eigenvalue weighted by Crippen LogP contribution is 1.97. The highest BCUT2D eigenvalue weighted by atomic mass is 32.2. The molecule has 7 heavy (non-hydrogen) atoms. The zero-order chi connectivity index (χ0) is 5.70. The maximum atomic E-state index is 3.63. The van der Waals surface area contributed by atoms with Gasteiger partial charge in [0.1, 0.15) is 0 Å². The molecule has 0 bridgehead atoms. The Morgan fingerprint density at radius 3 is 2.43 bits per heavy atom. The summed E-state index contributed by atoms with van der Waals surface area (Å²) in [6, 6.07) is 0. The molecular weight excluding hydrogens is 104 g/mol. The first-order valence-corrected chi connectivity index (χ1v) is 3.43. The van der Waals surface area contributed by atoms with Crippen LogP contribution in [0.25, 0.3) is 0 Å². The predicted molar refractivity (Wildman–Crippen MR) is 37.2 cm³/mol. The molecule has 0 aromatic heterocycles. The van der Waals surface area contributed by atoms with Gasteiger partial charge in [0.15, 0.2) is 0 Å². The minimum Gasteiger partial charge on any atom is -0.157 e. The third kappa shape index (κ3) is 6.09. The third-order valence-electron chi connectivity index (χ3n) is 0.609. The molecule has 0 saturated heterocycles. The lowest BCUT2D eigenvalue weighted by molar-refractivity contribution is 1.37. The number of hydrogen-bond donors (Lipinski definition) is 0. The van der Waals surface area contributed by atoms with Crippen molar-refractivity contribution in [1.29, 1.82) is 0 Å². The number of thioether (sulfide) groups is 1. The fourth-order valence-electron chi connectivity index (χ4n) is 0.226. The Bertz CT molecular complexity index is 60.6. The summed E-state index contributed by atoms with van der Waals surface area (Å²) in [6.07, 6.45) is 5.79. The highest BCUT2D eigenvalue weighted by molar-refractivity contribution is 8.00. The van der Waals surface area contributed by atoms with Crippen molar-refractivity contribution in [3.63, 3.8) is 0 Å². The van der Waals surface area contributed by atoms with E-state index in [0.717, 1.165) is 5.75 Å². The molecule has 0 N–H and O–H groups in total. The van der Waals surface area contributed by atoms with E-state index in [1.54, 1.807) is 11.8 Å². The van der Waals surface area contributed by atoms with Crippen molar-refractivity contribution in [2.45, 2.75) is 13.8 Å². The molecule has 0 amide bonds. The van der Waals surface area contributed by atoms with Gasteiger partial charge in [0.25, 0.3) is 0 Å². The normalized spacial score (nSPS) is 8.43. The van der Waals surface area contributed by atoms with Gasteiger partial charge in [-0.1, -0.05) is 11.6 Å². The van der Waals surface area contributed by atoms with Crippen LogP contribution in [0, 0.1) is 6.26 Å². The summed E-state index contributed by atoms with van der Waals surface area (Å²) < 4.78 is 0. The summed E-state index contributed by atoms with van der Waals surface area (Å²) in [5, 5.41) is 0. The van der Waals surface area contributed by atoms with E-state index in [1.807, 2.05) is 0 Å². The van der Waals surface area contributed by atoms with Gasteiger partial charge in [0.05, 0.1) is 0 Å². The second kappa shape index (κ2) is 4.25. The first-order chi connectivity index (χ1) is 3.27. The van der Waals surface area contributed by atoms with Crippen LogP contribution < -0.4 is 0 Å². The molecule has 0 nitrogen and oxygen atoms in total.